The zero-order valence-corrected chi connectivity index (χ0v) is 8.79. The molecule has 1 atom stereocenters. The van der Waals surface area contributed by atoms with Gasteiger partial charge in [-0.1, -0.05) is 6.92 Å². The van der Waals surface area contributed by atoms with Crippen molar-refractivity contribution in [3.05, 3.63) is 11.5 Å². The maximum atomic E-state index is 8.85. The van der Waals surface area contributed by atoms with Gasteiger partial charge in [-0.25, -0.2) is 0 Å². The van der Waals surface area contributed by atoms with E-state index < -0.39 is 0 Å². The molecule has 1 unspecified atom stereocenters. The monoisotopic (exact) mass is 198 g/mol. The molecule has 14 heavy (non-hydrogen) atoms. The maximum absolute atomic E-state index is 8.85. The van der Waals surface area contributed by atoms with Crippen molar-refractivity contribution in [1.82, 2.24) is 5.48 Å². The molecule has 0 fully saturated rings. The lowest BCUT2D eigenvalue weighted by Crippen LogP contribution is -2.12. The number of rotatable bonds is 2. The molecule has 2 N–H and O–H groups in total. The summed E-state index contributed by atoms with van der Waals surface area (Å²) in [6, 6.07) is 0.341. The van der Waals surface area contributed by atoms with Crippen LogP contribution in [0.2, 0.25) is 0 Å². The quantitative estimate of drug-likeness (QED) is 0.666. The Morgan fingerprint density at radius 1 is 1.71 bits per heavy atom. The van der Waals surface area contributed by atoms with Crippen molar-refractivity contribution in [3.63, 3.8) is 0 Å². The van der Waals surface area contributed by atoms with Gasteiger partial charge in [0, 0.05) is 6.04 Å². The van der Waals surface area contributed by atoms with Crippen LogP contribution >= 0.6 is 0 Å². The molecule has 1 aliphatic heterocycles. The largest absolute Gasteiger partial charge is 0.496 e. The Bertz CT molecular complexity index is 236. The first-order chi connectivity index (χ1) is 6.77. The van der Waals surface area contributed by atoms with Crippen molar-refractivity contribution in [3.8, 4) is 0 Å². The van der Waals surface area contributed by atoms with Crippen molar-refractivity contribution >= 4 is 6.21 Å². The fraction of sp³-hybridized carbons (Fsp3) is 0.700. The lowest BCUT2D eigenvalue weighted by molar-refractivity contribution is 0.174. The van der Waals surface area contributed by atoms with Crippen LogP contribution in [0.3, 0.4) is 0 Å². The molecule has 0 spiro atoms. The van der Waals surface area contributed by atoms with E-state index in [4.69, 9.17) is 9.94 Å². The average molecular weight is 198 g/mol. The topological polar surface area (TPSA) is 53.8 Å². The van der Waals surface area contributed by atoms with E-state index in [1.807, 2.05) is 6.92 Å². The Hall–Kier alpha value is -1.03. The van der Waals surface area contributed by atoms with Crippen LogP contribution in [0.5, 0.6) is 0 Å². The third-order valence-electron chi connectivity index (χ3n) is 2.39. The first-order valence-corrected chi connectivity index (χ1v) is 5.05. The third-order valence-corrected chi connectivity index (χ3v) is 2.39. The maximum Gasteiger partial charge on any atom is 0.120 e. The number of hydrogen-bond donors (Lipinski definition) is 2. The van der Waals surface area contributed by atoms with Gasteiger partial charge in [0.15, 0.2) is 0 Å². The molecule has 80 valence electrons. The minimum atomic E-state index is 0.341. The SMILES string of the molecule is CCC1CCCO/C(C)=C(NO)/C=N\1. The van der Waals surface area contributed by atoms with E-state index in [-0.39, 0.29) is 0 Å². The minimum Gasteiger partial charge on any atom is -0.496 e. The molecule has 1 rings (SSSR count). The summed E-state index contributed by atoms with van der Waals surface area (Å²) >= 11 is 0. The van der Waals surface area contributed by atoms with Gasteiger partial charge < -0.3 is 4.74 Å². The zero-order chi connectivity index (χ0) is 10.4. The van der Waals surface area contributed by atoms with Crippen molar-refractivity contribution in [1.29, 1.82) is 0 Å². The summed E-state index contributed by atoms with van der Waals surface area (Å²) in [6.45, 7) is 4.62. The van der Waals surface area contributed by atoms with Gasteiger partial charge in [0.2, 0.25) is 0 Å². The molecule has 0 saturated carbocycles. The second kappa shape index (κ2) is 5.65. The van der Waals surface area contributed by atoms with Crippen molar-refractivity contribution in [2.75, 3.05) is 6.61 Å². The molecule has 0 aromatic carbocycles. The van der Waals surface area contributed by atoms with Gasteiger partial charge in [0.25, 0.3) is 0 Å². The van der Waals surface area contributed by atoms with Crippen molar-refractivity contribution in [2.24, 2.45) is 4.99 Å². The number of nitrogens with zero attached hydrogens (tertiary/aromatic N) is 1. The molecule has 0 saturated heterocycles. The predicted octanol–water partition coefficient (Wildman–Crippen LogP) is 1.86. The highest BCUT2D eigenvalue weighted by molar-refractivity contribution is 5.78. The fourth-order valence-corrected chi connectivity index (χ4v) is 1.38. The molecule has 1 aliphatic rings. The van der Waals surface area contributed by atoms with Gasteiger partial charge in [-0.15, -0.1) is 0 Å². The van der Waals surface area contributed by atoms with Gasteiger partial charge >= 0.3 is 0 Å². The molecule has 0 radical (unpaired) electrons. The van der Waals surface area contributed by atoms with E-state index in [1.165, 1.54) is 0 Å². The van der Waals surface area contributed by atoms with Crippen LogP contribution in [-0.2, 0) is 4.74 Å². The van der Waals surface area contributed by atoms with E-state index in [9.17, 15) is 0 Å². The molecule has 4 nitrogen and oxygen atoms in total. The number of nitrogens with one attached hydrogen (secondary N) is 1. The number of ether oxygens (including phenoxy) is 1. The first-order valence-electron chi connectivity index (χ1n) is 5.05. The standard InChI is InChI=1S/C10H18N2O2/c1-3-9-5-4-6-14-8(2)10(12-13)7-11-9/h7,9,12-13H,3-6H2,1-2H3/b10-8-,11-7-. The Balaban J connectivity index is 2.75. The van der Waals surface area contributed by atoms with Crippen LogP contribution in [0.1, 0.15) is 33.1 Å². The molecule has 0 bridgehead atoms. The summed E-state index contributed by atoms with van der Waals surface area (Å²) in [5.41, 5.74) is 2.65. The van der Waals surface area contributed by atoms with E-state index in [1.54, 1.807) is 6.21 Å². The van der Waals surface area contributed by atoms with E-state index >= 15 is 0 Å². The molecule has 1 heterocycles. The summed E-state index contributed by atoms with van der Waals surface area (Å²) in [5, 5.41) is 8.85. The smallest absolute Gasteiger partial charge is 0.120 e. The molecule has 0 amide bonds. The Morgan fingerprint density at radius 3 is 3.14 bits per heavy atom. The van der Waals surface area contributed by atoms with E-state index in [0.717, 1.165) is 19.3 Å². The number of aliphatic imine (C=N–C) groups is 1. The second-order valence-corrected chi connectivity index (χ2v) is 3.41. The molecule has 4 heteroatoms. The normalized spacial score (nSPS) is 30.9. The van der Waals surface area contributed by atoms with Crippen LogP contribution in [0.25, 0.3) is 0 Å². The van der Waals surface area contributed by atoms with Crippen LogP contribution in [0.4, 0.5) is 0 Å². The van der Waals surface area contributed by atoms with Crippen molar-refractivity contribution < 1.29 is 9.94 Å². The van der Waals surface area contributed by atoms with Crippen molar-refractivity contribution in [2.45, 2.75) is 39.2 Å². The summed E-state index contributed by atoms with van der Waals surface area (Å²) < 4.78 is 5.43. The number of allylic oxidation sites excluding steroid dienone is 2. The van der Waals surface area contributed by atoms with Crippen LogP contribution in [0, 0.1) is 0 Å². The Morgan fingerprint density at radius 2 is 2.50 bits per heavy atom. The van der Waals surface area contributed by atoms with Gasteiger partial charge in [-0.3, -0.25) is 15.7 Å². The van der Waals surface area contributed by atoms with Crippen LogP contribution < -0.4 is 5.48 Å². The van der Waals surface area contributed by atoms with Crippen LogP contribution in [-0.4, -0.2) is 24.1 Å². The minimum absolute atomic E-state index is 0.341. The lowest BCUT2D eigenvalue weighted by atomic mass is 10.1. The molecule has 0 aromatic heterocycles. The summed E-state index contributed by atoms with van der Waals surface area (Å²) in [6.07, 6.45) is 4.72. The van der Waals surface area contributed by atoms with E-state index in [2.05, 4.69) is 17.4 Å². The summed E-state index contributed by atoms with van der Waals surface area (Å²) in [7, 11) is 0. The lowest BCUT2D eigenvalue weighted by Gasteiger charge is -2.08. The molecule has 0 aromatic rings. The number of hydroxylamine groups is 1. The molecule has 0 aliphatic carbocycles. The first kappa shape index (κ1) is 11.0. The van der Waals surface area contributed by atoms with Gasteiger partial charge in [0.05, 0.1) is 12.8 Å². The van der Waals surface area contributed by atoms with Gasteiger partial charge in [0.1, 0.15) is 11.5 Å². The third kappa shape index (κ3) is 3.03. The molecular weight excluding hydrogens is 180 g/mol. The predicted molar refractivity (Wildman–Crippen MR) is 55.4 cm³/mol. The highest BCUT2D eigenvalue weighted by Gasteiger charge is 2.08. The fourth-order valence-electron chi connectivity index (χ4n) is 1.38. The highest BCUT2D eigenvalue weighted by Crippen LogP contribution is 2.11. The van der Waals surface area contributed by atoms with Gasteiger partial charge in [-0.2, -0.15) is 0 Å². The average Bonchev–Trinajstić information content (AvgIpc) is 2.29. The second-order valence-electron chi connectivity index (χ2n) is 3.41. The summed E-state index contributed by atoms with van der Waals surface area (Å²) in [5.74, 6) is 0.688. The Kier molecular flexibility index (Phi) is 4.46. The number of hydrogen-bond acceptors (Lipinski definition) is 4. The van der Waals surface area contributed by atoms with Gasteiger partial charge in [-0.05, 0) is 26.2 Å². The summed E-state index contributed by atoms with van der Waals surface area (Å²) in [4.78, 5) is 4.38. The van der Waals surface area contributed by atoms with E-state index in [0.29, 0.717) is 24.1 Å². The van der Waals surface area contributed by atoms with Crippen LogP contribution in [0.15, 0.2) is 16.4 Å². The molecular formula is C10H18N2O2. The zero-order valence-electron chi connectivity index (χ0n) is 8.79. The highest BCUT2D eigenvalue weighted by atomic mass is 16.5. The Labute approximate surface area is 84.6 Å².